The van der Waals surface area contributed by atoms with Gasteiger partial charge in [0.05, 0.1) is 4.90 Å². The van der Waals surface area contributed by atoms with Crippen molar-refractivity contribution >= 4 is 21.8 Å². The summed E-state index contributed by atoms with van der Waals surface area (Å²) < 4.78 is 27.8. The molecule has 0 radical (unpaired) electrons. The summed E-state index contributed by atoms with van der Waals surface area (Å²) in [5.41, 5.74) is -0.442. The number of pyridine rings is 1. The monoisotopic (exact) mass is 454 g/mol. The third kappa shape index (κ3) is 6.64. The molecule has 1 aliphatic rings. The highest BCUT2D eigenvalue weighted by molar-refractivity contribution is 7.89. The lowest BCUT2D eigenvalue weighted by Gasteiger charge is -2.33. The van der Waals surface area contributed by atoms with Crippen molar-refractivity contribution in [1.82, 2.24) is 19.1 Å². The lowest BCUT2D eigenvalue weighted by Crippen LogP contribution is -2.47. The number of aromatic nitrogens is 1. The van der Waals surface area contributed by atoms with Gasteiger partial charge in [-0.05, 0) is 24.8 Å². The van der Waals surface area contributed by atoms with Crippen LogP contribution in [-0.4, -0.2) is 66.2 Å². The van der Waals surface area contributed by atoms with E-state index in [1.807, 2.05) is 18.7 Å². The van der Waals surface area contributed by atoms with Crippen molar-refractivity contribution in [3.63, 3.8) is 0 Å². The highest BCUT2D eigenvalue weighted by atomic mass is 32.2. The Morgan fingerprint density at radius 3 is 2.32 bits per heavy atom. The van der Waals surface area contributed by atoms with E-state index in [9.17, 15) is 22.8 Å². The number of hydrogen-bond donors (Lipinski definition) is 1. The molecule has 0 aliphatic carbocycles. The number of carbonyl (C=O) groups excluding carboxylic acids is 2. The second kappa shape index (κ2) is 10.9. The SMILES string of the molecule is CCN(CC)S(=O)(=O)c1ccc(=O)n(CC(=O)NC2CCN(C(=O)CC(C)C)CC2)c1. The zero-order valence-electron chi connectivity index (χ0n) is 18.8. The maximum Gasteiger partial charge on any atom is 0.251 e. The van der Waals surface area contributed by atoms with Crippen LogP contribution in [0.3, 0.4) is 0 Å². The first-order chi connectivity index (χ1) is 14.6. The van der Waals surface area contributed by atoms with Gasteiger partial charge in [0.15, 0.2) is 0 Å². The van der Waals surface area contributed by atoms with E-state index in [0.717, 1.165) is 4.57 Å². The molecule has 31 heavy (non-hydrogen) atoms. The molecule has 174 valence electrons. The second-order valence-corrected chi connectivity index (χ2v) is 10.2. The van der Waals surface area contributed by atoms with Crippen LogP contribution in [0.15, 0.2) is 28.0 Å². The van der Waals surface area contributed by atoms with Crippen LogP contribution in [0.5, 0.6) is 0 Å². The van der Waals surface area contributed by atoms with E-state index in [1.54, 1.807) is 13.8 Å². The van der Waals surface area contributed by atoms with Crippen molar-refractivity contribution in [1.29, 1.82) is 0 Å². The van der Waals surface area contributed by atoms with Gasteiger partial charge in [-0.2, -0.15) is 4.31 Å². The summed E-state index contributed by atoms with van der Waals surface area (Å²) >= 11 is 0. The van der Waals surface area contributed by atoms with E-state index >= 15 is 0 Å². The van der Waals surface area contributed by atoms with Crippen molar-refractivity contribution in [3.05, 3.63) is 28.7 Å². The van der Waals surface area contributed by atoms with E-state index in [4.69, 9.17) is 0 Å². The van der Waals surface area contributed by atoms with Gasteiger partial charge in [-0.1, -0.05) is 27.7 Å². The Bertz CT molecular complexity index is 929. The first-order valence-electron chi connectivity index (χ1n) is 10.9. The summed E-state index contributed by atoms with van der Waals surface area (Å²) in [6.45, 7) is 9.06. The number of carbonyl (C=O) groups is 2. The van der Waals surface area contributed by atoms with E-state index in [2.05, 4.69) is 5.32 Å². The van der Waals surface area contributed by atoms with Gasteiger partial charge in [-0.3, -0.25) is 14.4 Å². The smallest absolute Gasteiger partial charge is 0.251 e. The molecule has 10 heteroatoms. The van der Waals surface area contributed by atoms with Crippen LogP contribution in [0, 0.1) is 5.92 Å². The van der Waals surface area contributed by atoms with Crippen LogP contribution in [0.2, 0.25) is 0 Å². The molecular weight excluding hydrogens is 420 g/mol. The molecule has 0 spiro atoms. The molecule has 9 nitrogen and oxygen atoms in total. The van der Waals surface area contributed by atoms with Gasteiger partial charge < -0.3 is 14.8 Å². The quantitative estimate of drug-likeness (QED) is 0.600. The molecule has 2 rings (SSSR count). The number of nitrogens with one attached hydrogen (secondary N) is 1. The predicted molar refractivity (Wildman–Crippen MR) is 118 cm³/mol. The Kier molecular flexibility index (Phi) is 8.81. The van der Waals surface area contributed by atoms with Crippen LogP contribution < -0.4 is 10.9 Å². The van der Waals surface area contributed by atoms with E-state index < -0.39 is 15.6 Å². The minimum absolute atomic E-state index is 0.0134. The number of amides is 2. The number of rotatable bonds is 9. The molecule has 1 saturated heterocycles. The Hall–Kier alpha value is -2.20. The Morgan fingerprint density at radius 2 is 1.77 bits per heavy atom. The van der Waals surface area contributed by atoms with E-state index in [0.29, 0.717) is 51.4 Å². The third-order valence-corrected chi connectivity index (χ3v) is 7.44. The topological polar surface area (TPSA) is 109 Å². The minimum atomic E-state index is -3.72. The molecule has 2 amide bonds. The normalized spacial score (nSPS) is 15.5. The van der Waals surface area contributed by atoms with Gasteiger partial charge in [-0.15, -0.1) is 0 Å². The largest absolute Gasteiger partial charge is 0.352 e. The summed E-state index contributed by atoms with van der Waals surface area (Å²) in [5.74, 6) is 0.0912. The molecule has 1 aromatic heterocycles. The van der Waals surface area contributed by atoms with Crippen molar-refractivity contribution in [3.8, 4) is 0 Å². The fourth-order valence-corrected chi connectivity index (χ4v) is 5.16. The van der Waals surface area contributed by atoms with Gasteiger partial charge in [-0.25, -0.2) is 8.42 Å². The van der Waals surface area contributed by atoms with Crippen LogP contribution >= 0.6 is 0 Å². The van der Waals surface area contributed by atoms with Gasteiger partial charge >= 0.3 is 0 Å². The van der Waals surface area contributed by atoms with Gasteiger partial charge in [0, 0.05) is 50.9 Å². The molecule has 0 aromatic carbocycles. The summed E-state index contributed by atoms with van der Waals surface area (Å²) in [4.78, 5) is 38.6. The number of sulfonamides is 1. The van der Waals surface area contributed by atoms with Crippen molar-refractivity contribution in [2.45, 2.75) is 64.4 Å². The molecule has 2 heterocycles. The molecule has 1 aliphatic heterocycles. The summed E-state index contributed by atoms with van der Waals surface area (Å²) in [6, 6.07) is 2.37. The highest BCUT2D eigenvalue weighted by Crippen LogP contribution is 2.15. The van der Waals surface area contributed by atoms with Crippen molar-refractivity contribution in [2.24, 2.45) is 5.92 Å². The van der Waals surface area contributed by atoms with Gasteiger partial charge in [0.1, 0.15) is 6.54 Å². The lowest BCUT2D eigenvalue weighted by molar-refractivity contribution is -0.133. The fourth-order valence-electron chi connectivity index (χ4n) is 3.68. The zero-order valence-corrected chi connectivity index (χ0v) is 19.7. The van der Waals surface area contributed by atoms with Crippen LogP contribution in [0.4, 0.5) is 0 Å². The molecule has 1 fully saturated rings. The van der Waals surface area contributed by atoms with Crippen molar-refractivity contribution < 1.29 is 18.0 Å². The van der Waals surface area contributed by atoms with E-state index in [1.165, 1.54) is 22.6 Å². The Balaban J connectivity index is 1.99. The maximum atomic E-state index is 12.7. The average Bonchev–Trinajstić information content (AvgIpc) is 2.70. The molecule has 1 N–H and O–H groups in total. The van der Waals surface area contributed by atoms with Crippen LogP contribution in [0.25, 0.3) is 0 Å². The molecule has 0 bridgehead atoms. The summed E-state index contributed by atoms with van der Waals surface area (Å²) in [5, 5.41) is 2.90. The molecular formula is C21H34N4O5S. The number of hydrogen-bond acceptors (Lipinski definition) is 5. The summed E-state index contributed by atoms with van der Waals surface area (Å²) in [7, 11) is -3.72. The lowest BCUT2D eigenvalue weighted by atomic mass is 10.0. The number of likely N-dealkylation sites (tertiary alicyclic amines) is 1. The van der Waals surface area contributed by atoms with Crippen LogP contribution in [-0.2, 0) is 26.2 Å². The predicted octanol–water partition coefficient (Wildman–Crippen LogP) is 1.03. The van der Waals surface area contributed by atoms with Gasteiger partial charge in [0.25, 0.3) is 5.56 Å². The summed E-state index contributed by atoms with van der Waals surface area (Å²) in [6.07, 6.45) is 3.05. The van der Waals surface area contributed by atoms with Crippen molar-refractivity contribution in [2.75, 3.05) is 26.2 Å². The fraction of sp³-hybridized carbons (Fsp3) is 0.667. The van der Waals surface area contributed by atoms with Gasteiger partial charge in [0.2, 0.25) is 21.8 Å². The van der Waals surface area contributed by atoms with E-state index in [-0.39, 0.29) is 29.3 Å². The number of piperidine rings is 1. The highest BCUT2D eigenvalue weighted by Gasteiger charge is 2.25. The first-order valence-corrected chi connectivity index (χ1v) is 12.3. The molecule has 0 atom stereocenters. The molecule has 0 unspecified atom stereocenters. The van der Waals surface area contributed by atoms with Crippen LogP contribution in [0.1, 0.15) is 47.0 Å². The standard InChI is InChI=1S/C21H34N4O5S/c1-5-25(6-2)31(29,30)18-7-8-20(27)24(14-18)15-19(26)22-17-9-11-23(12-10-17)21(28)13-16(3)4/h7-8,14,16-17H,5-6,9-13,15H2,1-4H3,(H,22,26). The third-order valence-electron chi connectivity index (χ3n) is 5.41. The molecule has 1 aromatic rings. The Labute approximate surface area is 184 Å². The minimum Gasteiger partial charge on any atom is -0.352 e. The molecule has 0 saturated carbocycles. The maximum absolute atomic E-state index is 12.7. The second-order valence-electron chi connectivity index (χ2n) is 8.24. The average molecular weight is 455 g/mol. The zero-order chi connectivity index (χ0) is 23.2. The Morgan fingerprint density at radius 1 is 1.16 bits per heavy atom. The first kappa shape index (κ1) is 25.1. The number of nitrogens with zero attached hydrogens (tertiary/aromatic N) is 3.